The van der Waals surface area contributed by atoms with Crippen LogP contribution in [0.5, 0.6) is 0 Å². The molecule has 0 aliphatic carbocycles. The molecule has 0 saturated carbocycles. The number of nitrogens with zero attached hydrogens (tertiary/aromatic N) is 2. The molecule has 5 heteroatoms. The van der Waals surface area contributed by atoms with Crippen molar-refractivity contribution in [2.45, 2.75) is 38.8 Å². The molecule has 1 aromatic heterocycles. The summed E-state index contributed by atoms with van der Waals surface area (Å²) in [6.45, 7) is 10.7. The lowest BCUT2D eigenvalue weighted by atomic mass is 9.94. The molecule has 1 fully saturated rings. The summed E-state index contributed by atoms with van der Waals surface area (Å²) in [5.74, 6) is 1.75. The largest absolute Gasteiger partial charge is 0.444 e. The van der Waals surface area contributed by atoms with Gasteiger partial charge in [-0.15, -0.1) is 0 Å². The first-order valence-corrected chi connectivity index (χ1v) is 6.93. The zero-order valence-electron chi connectivity index (χ0n) is 12.4. The summed E-state index contributed by atoms with van der Waals surface area (Å²) in [6, 6.07) is 0. The second-order valence-electron chi connectivity index (χ2n) is 6.15. The Balaban J connectivity index is 1.92. The van der Waals surface area contributed by atoms with Crippen molar-refractivity contribution in [1.29, 1.82) is 0 Å². The molecule has 0 bridgehead atoms. The van der Waals surface area contributed by atoms with Gasteiger partial charge in [-0.2, -0.15) is 0 Å². The van der Waals surface area contributed by atoms with Crippen molar-refractivity contribution in [3.8, 4) is 0 Å². The Hall–Kier alpha value is -0.910. The fraction of sp³-hybridized carbons (Fsp3) is 0.786. The topological polar surface area (TPSA) is 50.5 Å². The van der Waals surface area contributed by atoms with E-state index in [9.17, 15) is 0 Å². The average molecular weight is 267 g/mol. The molecular weight excluding hydrogens is 242 g/mol. The molecule has 2 rings (SSSR count). The van der Waals surface area contributed by atoms with E-state index in [1.807, 2.05) is 13.2 Å². The highest BCUT2D eigenvalue weighted by Gasteiger charge is 2.23. The Morgan fingerprint density at radius 1 is 1.47 bits per heavy atom. The van der Waals surface area contributed by atoms with E-state index < -0.39 is 0 Å². The Labute approximate surface area is 115 Å². The van der Waals surface area contributed by atoms with Crippen molar-refractivity contribution in [3.63, 3.8) is 0 Å². The van der Waals surface area contributed by atoms with Crippen LogP contribution in [0.1, 0.15) is 32.4 Å². The van der Waals surface area contributed by atoms with E-state index in [1.165, 1.54) is 0 Å². The second-order valence-corrected chi connectivity index (χ2v) is 6.15. The van der Waals surface area contributed by atoms with Crippen LogP contribution in [0.2, 0.25) is 0 Å². The Morgan fingerprint density at radius 2 is 2.26 bits per heavy atom. The molecular formula is C14H25N3O2. The Kier molecular flexibility index (Phi) is 4.60. The van der Waals surface area contributed by atoms with Crippen LogP contribution in [0.3, 0.4) is 0 Å². The van der Waals surface area contributed by atoms with Crippen LogP contribution in [-0.4, -0.2) is 49.3 Å². The minimum Gasteiger partial charge on any atom is -0.444 e. The number of hydrogen-bond acceptors (Lipinski definition) is 5. The molecule has 5 nitrogen and oxygen atoms in total. The van der Waals surface area contributed by atoms with E-state index in [4.69, 9.17) is 9.15 Å². The molecule has 1 atom stereocenters. The Bertz CT molecular complexity index is 396. The van der Waals surface area contributed by atoms with Gasteiger partial charge in [0.25, 0.3) is 0 Å². The highest BCUT2D eigenvalue weighted by atomic mass is 16.5. The molecule has 1 aliphatic heterocycles. The minimum atomic E-state index is 0.0188. The SMILES string of the molecule is CNCC1CN(Cc2ncc(C(C)(C)C)o2)CCO1. The molecule has 1 aromatic rings. The van der Waals surface area contributed by atoms with Crippen LogP contribution in [0.25, 0.3) is 0 Å². The highest BCUT2D eigenvalue weighted by molar-refractivity contribution is 5.06. The van der Waals surface area contributed by atoms with Crippen LogP contribution in [-0.2, 0) is 16.7 Å². The van der Waals surface area contributed by atoms with Crippen molar-refractivity contribution in [2.75, 3.05) is 33.3 Å². The molecule has 108 valence electrons. The first kappa shape index (κ1) is 14.5. The van der Waals surface area contributed by atoms with Crippen molar-refractivity contribution in [1.82, 2.24) is 15.2 Å². The van der Waals surface area contributed by atoms with E-state index in [-0.39, 0.29) is 11.5 Å². The lowest BCUT2D eigenvalue weighted by Crippen LogP contribution is -2.45. The number of nitrogens with one attached hydrogen (secondary N) is 1. The van der Waals surface area contributed by atoms with E-state index in [0.29, 0.717) is 0 Å². The maximum atomic E-state index is 5.84. The number of morpholine rings is 1. The normalized spacial score (nSPS) is 21.8. The van der Waals surface area contributed by atoms with Gasteiger partial charge in [-0.1, -0.05) is 20.8 Å². The third kappa shape index (κ3) is 4.03. The zero-order chi connectivity index (χ0) is 13.9. The molecule has 0 radical (unpaired) electrons. The monoisotopic (exact) mass is 267 g/mol. The number of oxazole rings is 1. The first-order valence-electron chi connectivity index (χ1n) is 6.93. The van der Waals surface area contributed by atoms with Crippen molar-refractivity contribution in [2.24, 2.45) is 0 Å². The van der Waals surface area contributed by atoms with Crippen molar-refractivity contribution < 1.29 is 9.15 Å². The lowest BCUT2D eigenvalue weighted by molar-refractivity contribution is -0.0315. The van der Waals surface area contributed by atoms with Crippen LogP contribution >= 0.6 is 0 Å². The standard InChI is InChI=1S/C14H25N3O2/c1-14(2,3)12-8-16-13(19-12)10-17-5-6-18-11(9-17)7-15-4/h8,11,15H,5-7,9-10H2,1-4H3. The fourth-order valence-corrected chi connectivity index (χ4v) is 2.20. The summed E-state index contributed by atoms with van der Waals surface area (Å²) in [4.78, 5) is 6.72. The number of rotatable bonds is 4. The highest BCUT2D eigenvalue weighted by Crippen LogP contribution is 2.23. The smallest absolute Gasteiger partial charge is 0.208 e. The van der Waals surface area contributed by atoms with Gasteiger partial charge in [0.2, 0.25) is 5.89 Å². The predicted molar refractivity (Wildman–Crippen MR) is 74.1 cm³/mol. The maximum absolute atomic E-state index is 5.84. The van der Waals surface area contributed by atoms with Gasteiger partial charge in [0, 0.05) is 25.0 Å². The number of hydrogen-bond donors (Lipinski definition) is 1. The van der Waals surface area contributed by atoms with Crippen LogP contribution in [0, 0.1) is 0 Å². The summed E-state index contributed by atoms with van der Waals surface area (Å²) in [7, 11) is 1.95. The van der Waals surface area contributed by atoms with Crippen molar-refractivity contribution in [3.05, 3.63) is 17.8 Å². The van der Waals surface area contributed by atoms with Gasteiger partial charge in [0.15, 0.2) is 0 Å². The average Bonchev–Trinajstić information content (AvgIpc) is 2.78. The predicted octanol–water partition coefficient (Wildman–Crippen LogP) is 1.39. The summed E-state index contributed by atoms with van der Waals surface area (Å²) in [5.41, 5.74) is 0.0188. The van der Waals surface area contributed by atoms with Crippen LogP contribution in [0.4, 0.5) is 0 Å². The molecule has 1 aliphatic rings. The number of likely N-dealkylation sites (N-methyl/N-ethyl adjacent to an activating group) is 1. The van der Waals surface area contributed by atoms with E-state index in [0.717, 1.165) is 44.4 Å². The fourth-order valence-electron chi connectivity index (χ4n) is 2.20. The summed E-state index contributed by atoms with van der Waals surface area (Å²) < 4.78 is 11.5. The van der Waals surface area contributed by atoms with E-state index in [2.05, 4.69) is 36.0 Å². The molecule has 19 heavy (non-hydrogen) atoms. The van der Waals surface area contributed by atoms with Gasteiger partial charge in [0.1, 0.15) is 5.76 Å². The first-order chi connectivity index (χ1) is 8.99. The molecule has 1 saturated heterocycles. The second kappa shape index (κ2) is 6.03. The third-order valence-corrected chi connectivity index (χ3v) is 3.31. The summed E-state index contributed by atoms with van der Waals surface area (Å²) in [6.07, 6.45) is 2.11. The molecule has 1 unspecified atom stereocenters. The Morgan fingerprint density at radius 3 is 2.89 bits per heavy atom. The van der Waals surface area contributed by atoms with Gasteiger partial charge in [-0.25, -0.2) is 4.98 Å². The molecule has 0 amide bonds. The van der Waals surface area contributed by atoms with Gasteiger partial charge in [-0.05, 0) is 7.05 Å². The van der Waals surface area contributed by atoms with Crippen LogP contribution < -0.4 is 5.32 Å². The zero-order valence-corrected chi connectivity index (χ0v) is 12.4. The molecule has 0 aromatic carbocycles. The maximum Gasteiger partial charge on any atom is 0.208 e. The molecule has 2 heterocycles. The van der Waals surface area contributed by atoms with Crippen LogP contribution in [0.15, 0.2) is 10.6 Å². The van der Waals surface area contributed by atoms with Gasteiger partial charge < -0.3 is 14.5 Å². The van der Waals surface area contributed by atoms with Gasteiger partial charge in [0.05, 0.1) is 25.5 Å². The quantitative estimate of drug-likeness (QED) is 0.893. The molecule has 0 spiro atoms. The number of ether oxygens (including phenoxy) is 1. The van der Waals surface area contributed by atoms with E-state index >= 15 is 0 Å². The third-order valence-electron chi connectivity index (χ3n) is 3.31. The van der Waals surface area contributed by atoms with Gasteiger partial charge >= 0.3 is 0 Å². The van der Waals surface area contributed by atoms with Crippen molar-refractivity contribution >= 4 is 0 Å². The summed E-state index contributed by atoms with van der Waals surface area (Å²) >= 11 is 0. The lowest BCUT2D eigenvalue weighted by Gasteiger charge is -2.31. The van der Waals surface area contributed by atoms with Gasteiger partial charge in [-0.3, -0.25) is 4.90 Å². The summed E-state index contributed by atoms with van der Waals surface area (Å²) in [5, 5.41) is 3.16. The molecule has 1 N–H and O–H groups in total. The van der Waals surface area contributed by atoms with E-state index in [1.54, 1.807) is 0 Å². The minimum absolute atomic E-state index is 0.0188. The number of aromatic nitrogens is 1.